The molecule has 0 saturated heterocycles. The van der Waals surface area contributed by atoms with E-state index in [2.05, 4.69) is 35.4 Å². The summed E-state index contributed by atoms with van der Waals surface area (Å²) < 4.78 is 0. The first kappa shape index (κ1) is 11.9. The van der Waals surface area contributed by atoms with Gasteiger partial charge in [-0.15, -0.1) is 11.3 Å². The monoisotopic (exact) mass is 258 g/mol. The van der Waals surface area contributed by atoms with E-state index >= 15 is 0 Å². The fourth-order valence-electron chi connectivity index (χ4n) is 2.54. The Labute approximate surface area is 112 Å². The number of fused-ring (bicyclic) bond motifs is 1. The summed E-state index contributed by atoms with van der Waals surface area (Å²) in [6.07, 6.45) is 5.71. The molecule has 1 aromatic heterocycles. The molecule has 2 aromatic rings. The molecule has 2 nitrogen and oxygen atoms in total. The molecule has 1 atom stereocenters. The molecule has 94 valence electrons. The van der Waals surface area contributed by atoms with E-state index in [4.69, 9.17) is 0 Å². The number of hydrogen-bond donors (Lipinski definition) is 1. The minimum atomic E-state index is 0.332. The van der Waals surface area contributed by atoms with Gasteiger partial charge in [0.15, 0.2) is 0 Å². The Morgan fingerprint density at radius 3 is 3.06 bits per heavy atom. The Kier molecular flexibility index (Phi) is 3.43. The first-order valence-corrected chi connectivity index (χ1v) is 7.44. The normalized spacial score (nSPS) is 15.6. The van der Waals surface area contributed by atoms with Crippen molar-refractivity contribution in [3.63, 3.8) is 0 Å². The van der Waals surface area contributed by atoms with Crippen LogP contribution < -0.4 is 5.32 Å². The molecule has 1 N–H and O–H groups in total. The third-order valence-electron chi connectivity index (χ3n) is 3.60. The number of aromatic nitrogens is 1. The second-order valence-corrected chi connectivity index (χ2v) is 5.86. The maximum atomic E-state index is 4.34. The van der Waals surface area contributed by atoms with Crippen LogP contribution in [0.2, 0.25) is 0 Å². The van der Waals surface area contributed by atoms with E-state index in [1.807, 2.05) is 11.6 Å². The van der Waals surface area contributed by atoms with E-state index in [9.17, 15) is 0 Å². The van der Waals surface area contributed by atoms with Crippen LogP contribution in [0.3, 0.4) is 0 Å². The summed E-state index contributed by atoms with van der Waals surface area (Å²) in [4.78, 5) is 4.34. The van der Waals surface area contributed by atoms with Gasteiger partial charge in [0.25, 0.3) is 0 Å². The molecule has 1 aliphatic carbocycles. The average molecular weight is 258 g/mol. The number of thiazole rings is 1. The predicted octanol–water partition coefficient (Wildman–Crippen LogP) is 3.48. The summed E-state index contributed by atoms with van der Waals surface area (Å²) in [5.41, 5.74) is 4.49. The highest BCUT2D eigenvalue weighted by Crippen LogP contribution is 2.23. The van der Waals surface area contributed by atoms with Gasteiger partial charge in [-0.2, -0.15) is 0 Å². The van der Waals surface area contributed by atoms with Crippen LogP contribution in [0.15, 0.2) is 29.8 Å². The average Bonchev–Trinajstić information content (AvgIpc) is 3.05. The van der Waals surface area contributed by atoms with Crippen LogP contribution in [0.25, 0.3) is 0 Å². The number of nitrogens with one attached hydrogen (secondary N) is 1. The molecule has 0 radical (unpaired) electrons. The maximum Gasteiger partial charge on any atom is 0.109 e. The third kappa shape index (κ3) is 2.47. The Bertz CT molecular complexity index is 519. The van der Waals surface area contributed by atoms with Crippen LogP contribution in [0.4, 0.5) is 0 Å². The summed E-state index contributed by atoms with van der Waals surface area (Å²) >= 11 is 1.71. The fourth-order valence-corrected chi connectivity index (χ4v) is 3.21. The van der Waals surface area contributed by atoms with Crippen molar-refractivity contribution in [2.45, 2.75) is 38.8 Å². The zero-order chi connectivity index (χ0) is 12.4. The van der Waals surface area contributed by atoms with Crippen molar-refractivity contribution in [3.8, 4) is 0 Å². The second kappa shape index (κ2) is 5.21. The van der Waals surface area contributed by atoms with Gasteiger partial charge in [0.2, 0.25) is 0 Å². The molecule has 1 unspecified atom stereocenters. The van der Waals surface area contributed by atoms with E-state index in [0.29, 0.717) is 6.04 Å². The number of nitrogens with zero attached hydrogens (tertiary/aromatic N) is 1. The van der Waals surface area contributed by atoms with E-state index in [1.54, 1.807) is 22.5 Å². The fraction of sp³-hybridized carbons (Fsp3) is 0.400. The van der Waals surface area contributed by atoms with Crippen molar-refractivity contribution in [2.24, 2.45) is 0 Å². The van der Waals surface area contributed by atoms with E-state index < -0.39 is 0 Å². The molecular weight excluding hydrogens is 240 g/mol. The van der Waals surface area contributed by atoms with E-state index in [1.165, 1.54) is 24.8 Å². The molecule has 0 aliphatic heterocycles. The van der Waals surface area contributed by atoms with Gasteiger partial charge in [-0.05, 0) is 42.9 Å². The SMILES string of the molecule is CC(NCc1ccc2c(c1)CCC2)c1nccs1. The molecule has 1 aliphatic rings. The highest BCUT2D eigenvalue weighted by Gasteiger charge is 2.11. The first-order valence-electron chi connectivity index (χ1n) is 6.56. The van der Waals surface area contributed by atoms with Gasteiger partial charge >= 0.3 is 0 Å². The zero-order valence-corrected chi connectivity index (χ0v) is 11.5. The Balaban J connectivity index is 1.63. The van der Waals surface area contributed by atoms with Gasteiger partial charge in [-0.3, -0.25) is 0 Å². The molecule has 1 heterocycles. The lowest BCUT2D eigenvalue weighted by molar-refractivity contribution is 0.571. The molecule has 18 heavy (non-hydrogen) atoms. The summed E-state index contributed by atoms with van der Waals surface area (Å²) in [5, 5.41) is 6.73. The van der Waals surface area contributed by atoms with Crippen molar-refractivity contribution in [2.75, 3.05) is 0 Å². The van der Waals surface area contributed by atoms with Crippen LogP contribution in [0, 0.1) is 0 Å². The van der Waals surface area contributed by atoms with Crippen molar-refractivity contribution in [1.82, 2.24) is 10.3 Å². The number of aryl methyl sites for hydroxylation is 2. The summed E-state index contributed by atoms with van der Waals surface area (Å²) in [7, 11) is 0. The van der Waals surface area contributed by atoms with Crippen molar-refractivity contribution in [1.29, 1.82) is 0 Å². The van der Waals surface area contributed by atoms with Gasteiger partial charge in [0.05, 0.1) is 6.04 Å². The van der Waals surface area contributed by atoms with Crippen LogP contribution in [-0.4, -0.2) is 4.98 Å². The minimum absolute atomic E-state index is 0.332. The van der Waals surface area contributed by atoms with Gasteiger partial charge in [0, 0.05) is 18.1 Å². The quantitative estimate of drug-likeness (QED) is 0.908. The van der Waals surface area contributed by atoms with Crippen LogP contribution in [0.1, 0.15) is 41.1 Å². The van der Waals surface area contributed by atoms with Crippen LogP contribution in [0.5, 0.6) is 0 Å². The summed E-state index contributed by atoms with van der Waals surface area (Å²) in [6, 6.07) is 7.25. The Hall–Kier alpha value is -1.19. The largest absolute Gasteiger partial charge is 0.304 e. The van der Waals surface area contributed by atoms with Crippen molar-refractivity contribution < 1.29 is 0 Å². The molecule has 0 amide bonds. The third-order valence-corrected chi connectivity index (χ3v) is 4.56. The maximum absolute atomic E-state index is 4.34. The molecular formula is C15H18N2S. The zero-order valence-electron chi connectivity index (χ0n) is 10.6. The Morgan fingerprint density at radius 1 is 1.33 bits per heavy atom. The molecule has 1 aromatic carbocycles. The summed E-state index contributed by atoms with van der Waals surface area (Å²) in [5.74, 6) is 0. The highest BCUT2D eigenvalue weighted by molar-refractivity contribution is 7.09. The topological polar surface area (TPSA) is 24.9 Å². The van der Waals surface area contributed by atoms with Crippen molar-refractivity contribution >= 4 is 11.3 Å². The number of benzene rings is 1. The van der Waals surface area contributed by atoms with Crippen LogP contribution in [-0.2, 0) is 19.4 Å². The van der Waals surface area contributed by atoms with E-state index in [0.717, 1.165) is 11.6 Å². The molecule has 0 saturated carbocycles. The first-order chi connectivity index (χ1) is 8.83. The molecule has 3 heteroatoms. The minimum Gasteiger partial charge on any atom is -0.304 e. The van der Waals surface area contributed by atoms with Gasteiger partial charge in [-0.1, -0.05) is 18.2 Å². The van der Waals surface area contributed by atoms with Gasteiger partial charge in [-0.25, -0.2) is 4.98 Å². The molecule has 0 spiro atoms. The second-order valence-electron chi connectivity index (χ2n) is 4.93. The Morgan fingerprint density at radius 2 is 2.22 bits per heavy atom. The lowest BCUT2D eigenvalue weighted by Crippen LogP contribution is -2.17. The predicted molar refractivity (Wildman–Crippen MR) is 75.8 cm³/mol. The van der Waals surface area contributed by atoms with Crippen LogP contribution >= 0.6 is 11.3 Å². The van der Waals surface area contributed by atoms with Gasteiger partial charge in [0.1, 0.15) is 5.01 Å². The standard InChI is InChI=1S/C15H18N2S/c1-11(15-16-7-8-18-15)17-10-12-5-6-13-3-2-4-14(13)9-12/h5-9,11,17H,2-4,10H2,1H3. The number of rotatable bonds is 4. The summed E-state index contributed by atoms with van der Waals surface area (Å²) in [6.45, 7) is 3.10. The lowest BCUT2D eigenvalue weighted by atomic mass is 10.1. The van der Waals surface area contributed by atoms with E-state index in [-0.39, 0.29) is 0 Å². The smallest absolute Gasteiger partial charge is 0.109 e. The molecule has 0 bridgehead atoms. The molecule has 0 fully saturated rings. The van der Waals surface area contributed by atoms with Gasteiger partial charge < -0.3 is 5.32 Å². The van der Waals surface area contributed by atoms with Crippen molar-refractivity contribution in [3.05, 3.63) is 51.5 Å². The highest BCUT2D eigenvalue weighted by atomic mass is 32.1. The molecule has 3 rings (SSSR count). The lowest BCUT2D eigenvalue weighted by Gasteiger charge is -2.12. The number of hydrogen-bond acceptors (Lipinski definition) is 3.